The van der Waals surface area contributed by atoms with Gasteiger partial charge in [-0.05, 0) is 24.9 Å². The standard InChI is InChI=1S/C13H18N2O/c14-13(16)12(10-6-2-1-3-7-10)11-8-4-5-9-15-11/h1-3,6-7,11-12,15H,4-5,8-9H2,(H2,14,16)/t11-,12?/m1/s1. The van der Waals surface area contributed by atoms with E-state index in [2.05, 4.69) is 5.32 Å². The summed E-state index contributed by atoms with van der Waals surface area (Å²) in [6, 6.07) is 10.0. The van der Waals surface area contributed by atoms with Gasteiger partial charge in [-0.1, -0.05) is 36.8 Å². The van der Waals surface area contributed by atoms with Crippen LogP contribution in [0.5, 0.6) is 0 Å². The molecule has 1 aliphatic rings. The maximum Gasteiger partial charge on any atom is 0.226 e. The molecule has 1 amide bonds. The highest BCUT2D eigenvalue weighted by Gasteiger charge is 2.28. The zero-order valence-electron chi connectivity index (χ0n) is 9.36. The first kappa shape index (κ1) is 11.1. The van der Waals surface area contributed by atoms with Gasteiger partial charge in [-0.2, -0.15) is 0 Å². The van der Waals surface area contributed by atoms with E-state index in [-0.39, 0.29) is 17.9 Å². The van der Waals surface area contributed by atoms with E-state index in [1.165, 1.54) is 12.8 Å². The van der Waals surface area contributed by atoms with Crippen LogP contribution in [0.3, 0.4) is 0 Å². The first-order valence-corrected chi connectivity index (χ1v) is 5.86. The lowest BCUT2D eigenvalue weighted by Crippen LogP contribution is -2.43. The molecule has 0 saturated carbocycles. The summed E-state index contributed by atoms with van der Waals surface area (Å²) in [5, 5.41) is 3.40. The summed E-state index contributed by atoms with van der Waals surface area (Å²) < 4.78 is 0. The molecule has 1 aromatic rings. The van der Waals surface area contributed by atoms with E-state index in [1.807, 2.05) is 30.3 Å². The Balaban J connectivity index is 2.20. The summed E-state index contributed by atoms with van der Waals surface area (Å²) in [5.41, 5.74) is 6.54. The number of carbonyl (C=O) groups excluding carboxylic acids is 1. The fourth-order valence-electron chi connectivity index (χ4n) is 2.42. The van der Waals surface area contributed by atoms with Crippen molar-refractivity contribution in [3.63, 3.8) is 0 Å². The molecular formula is C13H18N2O. The molecule has 1 saturated heterocycles. The number of rotatable bonds is 3. The molecule has 1 aromatic carbocycles. The number of piperidine rings is 1. The third kappa shape index (κ3) is 2.42. The van der Waals surface area contributed by atoms with E-state index in [1.54, 1.807) is 0 Å². The van der Waals surface area contributed by atoms with E-state index in [0.717, 1.165) is 18.5 Å². The lowest BCUT2D eigenvalue weighted by Gasteiger charge is -2.29. The van der Waals surface area contributed by atoms with Gasteiger partial charge in [0.2, 0.25) is 5.91 Å². The molecule has 3 nitrogen and oxygen atoms in total. The van der Waals surface area contributed by atoms with Crippen LogP contribution < -0.4 is 11.1 Å². The van der Waals surface area contributed by atoms with E-state index in [9.17, 15) is 4.79 Å². The average molecular weight is 218 g/mol. The number of primary amides is 1. The number of carbonyl (C=O) groups is 1. The number of amides is 1. The molecule has 16 heavy (non-hydrogen) atoms. The molecule has 0 bridgehead atoms. The molecule has 2 rings (SSSR count). The fourth-order valence-corrected chi connectivity index (χ4v) is 2.42. The molecule has 0 aromatic heterocycles. The van der Waals surface area contributed by atoms with Gasteiger partial charge in [0.1, 0.15) is 0 Å². The van der Waals surface area contributed by atoms with Crippen molar-refractivity contribution in [2.45, 2.75) is 31.2 Å². The van der Waals surface area contributed by atoms with Crippen molar-refractivity contribution >= 4 is 5.91 Å². The molecule has 3 N–H and O–H groups in total. The summed E-state index contributed by atoms with van der Waals surface area (Å²) in [6.07, 6.45) is 3.40. The maximum atomic E-state index is 11.6. The van der Waals surface area contributed by atoms with Gasteiger partial charge in [-0.3, -0.25) is 4.79 Å². The minimum Gasteiger partial charge on any atom is -0.369 e. The average Bonchev–Trinajstić information content (AvgIpc) is 2.31. The molecule has 0 aliphatic carbocycles. The van der Waals surface area contributed by atoms with E-state index in [4.69, 9.17) is 5.73 Å². The van der Waals surface area contributed by atoms with Crippen molar-refractivity contribution in [2.75, 3.05) is 6.54 Å². The van der Waals surface area contributed by atoms with Crippen molar-refractivity contribution in [3.05, 3.63) is 35.9 Å². The number of nitrogens with one attached hydrogen (secondary N) is 1. The van der Waals surface area contributed by atoms with Crippen LogP contribution >= 0.6 is 0 Å². The minimum absolute atomic E-state index is 0.193. The van der Waals surface area contributed by atoms with Crippen LogP contribution in [0.1, 0.15) is 30.7 Å². The second kappa shape index (κ2) is 5.12. The highest BCUT2D eigenvalue weighted by atomic mass is 16.1. The Morgan fingerprint density at radius 3 is 2.62 bits per heavy atom. The zero-order valence-corrected chi connectivity index (χ0v) is 9.36. The van der Waals surface area contributed by atoms with Gasteiger partial charge >= 0.3 is 0 Å². The third-order valence-corrected chi connectivity index (χ3v) is 3.22. The summed E-state index contributed by atoms with van der Waals surface area (Å²) in [5.74, 6) is -0.424. The minimum atomic E-state index is -0.231. The van der Waals surface area contributed by atoms with Crippen LogP contribution in [0.15, 0.2) is 30.3 Å². The Labute approximate surface area is 96.0 Å². The third-order valence-electron chi connectivity index (χ3n) is 3.22. The van der Waals surface area contributed by atoms with Gasteiger partial charge in [-0.25, -0.2) is 0 Å². The van der Waals surface area contributed by atoms with Crippen LogP contribution in [0, 0.1) is 0 Å². The smallest absolute Gasteiger partial charge is 0.226 e. The SMILES string of the molecule is NC(=O)C(c1ccccc1)[C@H]1CCCCN1. The Morgan fingerprint density at radius 2 is 2.06 bits per heavy atom. The van der Waals surface area contributed by atoms with Crippen LogP contribution in [-0.4, -0.2) is 18.5 Å². The maximum absolute atomic E-state index is 11.6. The second-order valence-electron chi connectivity index (χ2n) is 4.35. The van der Waals surface area contributed by atoms with Gasteiger partial charge in [0.05, 0.1) is 5.92 Å². The summed E-state index contributed by atoms with van der Waals surface area (Å²) in [7, 11) is 0. The number of nitrogens with two attached hydrogens (primary N) is 1. The molecule has 1 aliphatic heterocycles. The molecule has 1 fully saturated rings. The lowest BCUT2D eigenvalue weighted by molar-refractivity contribution is -0.120. The van der Waals surface area contributed by atoms with Gasteiger partial charge in [-0.15, -0.1) is 0 Å². The Kier molecular flexibility index (Phi) is 3.57. The molecule has 1 heterocycles. The monoisotopic (exact) mass is 218 g/mol. The van der Waals surface area contributed by atoms with Crippen molar-refractivity contribution in [1.29, 1.82) is 0 Å². The summed E-state index contributed by atoms with van der Waals surface area (Å²) in [6.45, 7) is 0.987. The number of hydrogen-bond acceptors (Lipinski definition) is 2. The predicted octanol–water partition coefficient (Wildman–Crippen LogP) is 1.40. The molecule has 3 heteroatoms. The van der Waals surface area contributed by atoms with E-state index in [0.29, 0.717) is 0 Å². The Bertz CT molecular complexity index is 344. The lowest BCUT2D eigenvalue weighted by atomic mass is 9.86. The molecule has 2 atom stereocenters. The molecule has 1 unspecified atom stereocenters. The first-order chi connectivity index (χ1) is 7.79. The van der Waals surface area contributed by atoms with Crippen LogP contribution in [0.25, 0.3) is 0 Å². The molecular weight excluding hydrogens is 200 g/mol. The zero-order chi connectivity index (χ0) is 11.4. The van der Waals surface area contributed by atoms with Crippen molar-refractivity contribution < 1.29 is 4.79 Å². The topological polar surface area (TPSA) is 55.1 Å². The summed E-state index contributed by atoms with van der Waals surface area (Å²) >= 11 is 0. The van der Waals surface area contributed by atoms with E-state index < -0.39 is 0 Å². The van der Waals surface area contributed by atoms with Gasteiger partial charge in [0, 0.05) is 6.04 Å². The van der Waals surface area contributed by atoms with Gasteiger partial charge < -0.3 is 11.1 Å². The summed E-state index contributed by atoms with van der Waals surface area (Å²) in [4.78, 5) is 11.6. The van der Waals surface area contributed by atoms with Crippen molar-refractivity contribution in [1.82, 2.24) is 5.32 Å². The molecule has 86 valence electrons. The Hall–Kier alpha value is -1.35. The number of benzene rings is 1. The fraction of sp³-hybridized carbons (Fsp3) is 0.462. The number of hydrogen-bond donors (Lipinski definition) is 2. The largest absolute Gasteiger partial charge is 0.369 e. The second-order valence-corrected chi connectivity index (χ2v) is 4.35. The predicted molar refractivity (Wildman–Crippen MR) is 64.0 cm³/mol. The normalized spacial score (nSPS) is 22.6. The van der Waals surface area contributed by atoms with Crippen molar-refractivity contribution in [3.8, 4) is 0 Å². The van der Waals surface area contributed by atoms with Gasteiger partial charge in [0.15, 0.2) is 0 Å². The molecule has 0 radical (unpaired) electrons. The van der Waals surface area contributed by atoms with Crippen LogP contribution in [0.4, 0.5) is 0 Å². The van der Waals surface area contributed by atoms with Crippen LogP contribution in [-0.2, 0) is 4.79 Å². The quantitative estimate of drug-likeness (QED) is 0.805. The first-order valence-electron chi connectivity index (χ1n) is 5.86. The Morgan fingerprint density at radius 1 is 1.31 bits per heavy atom. The van der Waals surface area contributed by atoms with Crippen LogP contribution in [0.2, 0.25) is 0 Å². The van der Waals surface area contributed by atoms with E-state index >= 15 is 0 Å². The van der Waals surface area contributed by atoms with Crippen molar-refractivity contribution in [2.24, 2.45) is 5.73 Å². The molecule has 0 spiro atoms. The highest BCUT2D eigenvalue weighted by molar-refractivity contribution is 5.82. The highest BCUT2D eigenvalue weighted by Crippen LogP contribution is 2.24. The van der Waals surface area contributed by atoms with Gasteiger partial charge in [0.25, 0.3) is 0 Å².